The van der Waals surface area contributed by atoms with Crippen LogP contribution in [0, 0.1) is 5.92 Å². The molecule has 0 atom stereocenters. The van der Waals surface area contributed by atoms with Crippen LogP contribution < -0.4 is 5.32 Å². The number of hydrogen-bond donors (Lipinski definition) is 1. The van der Waals surface area contributed by atoms with Crippen LogP contribution in [0.3, 0.4) is 0 Å². The average Bonchev–Trinajstić information content (AvgIpc) is 3.41. The molecule has 0 bridgehead atoms. The van der Waals surface area contributed by atoms with Crippen molar-refractivity contribution in [3.8, 4) is 0 Å². The molecule has 0 spiro atoms. The van der Waals surface area contributed by atoms with Crippen molar-refractivity contribution in [2.75, 3.05) is 11.9 Å². The predicted molar refractivity (Wildman–Crippen MR) is 117 cm³/mol. The van der Waals surface area contributed by atoms with Crippen LogP contribution in [0.15, 0.2) is 40.9 Å². The molecular weight excluding hydrogens is 398 g/mol. The lowest BCUT2D eigenvalue weighted by atomic mass is 9.87. The van der Waals surface area contributed by atoms with Gasteiger partial charge in [0.25, 0.3) is 0 Å². The summed E-state index contributed by atoms with van der Waals surface area (Å²) in [4.78, 5) is 10.2. The van der Waals surface area contributed by atoms with E-state index in [1.807, 2.05) is 35.7 Å². The quantitative estimate of drug-likeness (QED) is 0.411. The number of rotatable bonds is 9. The Bertz CT molecular complexity index is 947. The summed E-state index contributed by atoms with van der Waals surface area (Å²) in [7, 11) is 1.78. The molecule has 9 heteroatoms. The Morgan fingerprint density at radius 1 is 1.23 bits per heavy atom. The Morgan fingerprint density at radius 2 is 2.07 bits per heavy atom. The minimum Gasteiger partial charge on any atom is -0.389 e. The topological polar surface area (TPSA) is 90.1 Å². The fraction of sp³-hybridized carbons (Fsp3) is 0.476. The first-order valence-electron chi connectivity index (χ1n) is 10.5. The van der Waals surface area contributed by atoms with E-state index in [9.17, 15) is 0 Å². The van der Waals surface area contributed by atoms with Gasteiger partial charge in [-0.15, -0.1) is 16.4 Å². The third kappa shape index (κ3) is 5.41. The van der Waals surface area contributed by atoms with Crippen molar-refractivity contribution in [3.63, 3.8) is 0 Å². The molecular formula is C21H27N7OS. The average molecular weight is 426 g/mol. The van der Waals surface area contributed by atoms with Crippen molar-refractivity contribution < 1.29 is 4.84 Å². The SMILES string of the molecule is Cn1nnnc1C(=NOCc1csc(NCCC2CCCCC2)n1)c1ccccc1. The van der Waals surface area contributed by atoms with Crippen molar-refractivity contribution in [1.82, 2.24) is 25.2 Å². The number of thiazole rings is 1. The first kappa shape index (κ1) is 20.5. The van der Waals surface area contributed by atoms with Crippen molar-refractivity contribution in [2.45, 2.75) is 45.1 Å². The van der Waals surface area contributed by atoms with Crippen LogP contribution in [0.1, 0.15) is 55.6 Å². The van der Waals surface area contributed by atoms with E-state index in [1.54, 1.807) is 23.1 Å². The van der Waals surface area contributed by atoms with Crippen LogP contribution in [0.5, 0.6) is 0 Å². The first-order chi connectivity index (χ1) is 14.8. The maximum Gasteiger partial charge on any atom is 0.204 e. The van der Waals surface area contributed by atoms with Crippen molar-refractivity contribution in [1.29, 1.82) is 0 Å². The number of tetrazole rings is 1. The molecule has 2 aromatic heterocycles. The van der Waals surface area contributed by atoms with Crippen LogP contribution in [-0.2, 0) is 18.5 Å². The van der Waals surface area contributed by atoms with Gasteiger partial charge in [-0.3, -0.25) is 0 Å². The van der Waals surface area contributed by atoms with Gasteiger partial charge in [-0.1, -0.05) is 67.6 Å². The van der Waals surface area contributed by atoms with Gasteiger partial charge in [-0.25, -0.2) is 9.67 Å². The number of oxime groups is 1. The van der Waals surface area contributed by atoms with Crippen molar-refractivity contribution in [3.05, 3.63) is 52.8 Å². The highest BCUT2D eigenvalue weighted by molar-refractivity contribution is 7.13. The molecule has 1 aliphatic carbocycles. The molecule has 1 fully saturated rings. The molecule has 0 saturated heterocycles. The molecule has 0 unspecified atom stereocenters. The summed E-state index contributed by atoms with van der Waals surface area (Å²) in [6.45, 7) is 1.27. The lowest BCUT2D eigenvalue weighted by Crippen LogP contribution is -2.12. The van der Waals surface area contributed by atoms with Crippen molar-refractivity contribution >= 4 is 22.2 Å². The second kappa shape index (κ2) is 10.3. The normalized spacial score (nSPS) is 15.3. The zero-order chi connectivity index (χ0) is 20.6. The van der Waals surface area contributed by atoms with E-state index in [4.69, 9.17) is 4.84 Å². The molecule has 4 rings (SSSR count). The molecule has 8 nitrogen and oxygen atoms in total. The number of aryl methyl sites for hydroxylation is 1. The van der Waals surface area contributed by atoms with E-state index in [0.717, 1.165) is 28.9 Å². The van der Waals surface area contributed by atoms with Crippen molar-refractivity contribution in [2.24, 2.45) is 18.1 Å². The van der Waals surface area contributed by atoms with Crippen LogP contribution in [-0.4, -0.2) is 37.4 Å². The molecule has 0 radical (unpaired) electrons. The molecule has 0 aliphatic heterocycles. The van der Waals surface area contributed by atoms with Gasteiger partial charge in [0.2, 0.25) is 5.82 Å². The molecule has 1 saturated carbocycles. The summed E-state index contributed by atoms with van der Waals surface area (Å²) >= 11 is 1.60. The minimum atomic E-state index is 0.294. The fourth-order valence-corrected chi connectivity index (χ4v) is 4.45. The Kier molecular flexibility index (Phi) is 7.02. The number of anilines is 1. The Labute approximate surface area is 180 Å². The second-order valence-corrected chi connectivity index (χ2v) is 8.43. The van der Waals surface area contributed by atoms with Gasteiger partial charge >= 0.3 is 0 Å². The van der Waals surface area contributed by atoms with Gasteiger partial charge in [0.1, 0.15) is 0 Å². The van der Waals surface area contributed by atoms with E-state index < -0.39 is 0 Å². The Morgan fingerprint density at radius 3 is 2.83 bits per heavy atom. The lowest BCUT2D eigenvalue weighted by molar-refractivity contribution is 0.128. The highest BCUT2D eigenvalue weighted by Crippen LogP contribution is 2.26. The zero-order valence-electron chi connectivity index (χ0n) is 17.2. The maximum atomic E-state index is 5.62. The molecule has 30 heavy (non-hydrogen) atoms. The number of hydrogen-bond acceptors (Lipinski definition) is 8. The van der Waals surface area contributed by atoms with Crippen LogP contribution >= 0.6 is 11.3 Å². The first-order valence-corrected chi connectivity index (χ1v) is 11.3. The van der Waals surface area contributed by atoms with Gasteiger partial charge in [-0.05, 0) is 22.8 Å². The van der Waals surface area contributed by atoms with Crippen LogP contribution in [0.25, 0.3) is 0 Å². The van der Waals surface area contributed by atoms with Crippen LogP contribution in [0.4, 0.5) is 5.13 Å². The molecule has 158 valence electrons. The van der Waals surface area contributed by atoms with Crippen LogP contribution in [0.2, 0.25) is 0 Å². The summed E-state index contributed by atoms with van der Waals surface area (Å²) in [5, 5.41) is 22.4. The van der Waals surface area contributed by atoms with Gasteiger partial charge in [0.15, 0.2) is 17.5 Å². The number of benzene rings is 1. The summed E-state index contributed by atoms with van der Waals surface area (Å²) < 4.78 is 1.58. The fourth-order valence-electron chi connectivity index (χ4n) is 3.73. The lowest BCUT2D eigenvalue weighted by Gasteiger charge is -2.21. The van der Waals surface area contributed by atoms with E-state index in [1.165, 1.54) is 38.5 Å². The van der Waals surface area contributed by atoms with Gasteiger partial charge in [0.05, 0.1) is 5.69 Å². The summed E-state index contributed by atoms with van der Waals surface area (Å²) in [5.41, 5.74) is 2.33. The molecule has 2 heterocycles. The monoisotopic (exact) mass is 425 g/mol. The molecule has 1 aliphatic rings. The smallest absolute Gasteiger partial charge is 0.204 e. The Balaban J connectivity index is 1.33. The Hall–Kier alpha value is -2.81. The summed E-state index contributed by atoms with van der Waals surface area (Å²) in [6, 6.07) is 9.75. The molecule has 0 amide bonds. The molecule has 1 N–H and O–H groups in total. The zero-order valence-corrected chi connectivity index (χ0v) is 18.0. The number of nitrogens with zero attached hydrogens (tertiary/aromatic N) is 6. The largest absolute Gasteiger partial charge is 0.389 e. The highest BCUT2D eigenvalue weighted by atomic mass is 32.1. The minimum absolute atomic E-state index is 0.294. The maximum absolute atomic E-state index is 5.62. The predicted octanol–water partition coefficient (Wildman–Crippen LogP) is 4.02. The summed E-state index contributed by atoms with van der Waals surface area (Å²) in [6.07, 6.45) is 8.16. The van der Waals surface area contributed by atoms with E-state index in [0.29, 0.717) is 18.1 Å². The third-order valence-electron chi connectivity index (χ3n) is 5.35. The van der Waals surface area contributed by atoms with E-state index in [-0.39, 0.29) is 0 Å². The van der Waals surface area contributed by atoms with Gasteiger partial charge in [0, 0.05) is 24.5 Å². The van der Waals surface area contributed by atoms with Gasteiger partial charge in [-0.2, -0.15) is 0 Å². The molecule has 1 aromatic carbocycles. The second-order valence-electron chi connectivity index (χ2n) is 7.57. The number of nitrogens with one attached hydrogen (secondary N) is 1. The summed E-state index contributed by atoms with van der Waals surface area (Å²) in [5.74, 6) is 1.42. The number of aromatic nitrogens is 5. The standard InChI is InChI=1S/C21H27N7OS/c1-28-20(24-26-27-28)19(17-10-6-3-7-11-17)25-29-14-18-15-30-21(23-18)22-13-12-16-8-4-2-5-9-16/h3,6-7,10-11,15-16H,2,4-5,8-9,12-14H2,1H3,(H,22,23). The van der Waals surface area contributed by atoms with E-state index >= 15 is 0 Å². The third-order valence-corrected chi connectivity index (χ3v) is 6.20. The molecule has 3 aromatic rings. The van der Waals surface area contributed by atoms with Gasteiger partial charge < -0.3 is 10.2 Å². The van der Waals surface area contributed by atoms with E-state index in [2.05, 4.69) is 31.0 Å². The highest BCUT2D eigenvalue weighted by Gasteiger charge is 2.15.